The van der Waals surface area contributed by atoms with E-state index in [4.69, 9.17) is 5.11 Å². The van der Waals surface area contributed by atoms with Crippen LogP contribution in [0.15, 0.2) is 39.9 Å². The van der Waals surface area contributed by atoms with E-state index in [0.29, 0.717) is 12.3 Å². The summed E-state index contributed by atoms with van der Waals surface area (Å²) in [4.78, 5) is 25.7. The summed E-state index contributed by atoms with van der Waals surface area (Å²) in [5.41, 5.74) is 2.13. The van der Waals surface area contributed by atoms with Gasteiger partial charge in [0.05, 0.1) is 23.5 Å². The van der Waals surface area contributed by atoms with Crippen molar-refractivity contribution in [2.24, 2.45) is 0 Å². The summed E-state index contributed by atoms with van der Waals surface area (Å²) in [5.74, 6) is -0.549. The van der Waals surface area contributed by atoms with Crippen molar-refractivity contribution in [3.05, 3.63) is 46.2 Å². The van der Waals surface area contributed by atoms with Gasteiger partial charge in [-0.25, -0.2) is 4.79 Å². The molecule has 102 valence electrons. The minimum Gasteiger partial charge on any atom is -0.478 e. The lowest BCUT2D eigenvalue weighted by Crippen LogP contribution is -2.34. The molecule has 0 spiro atoms. The molecule has 0 radical (unpaired) electrons. The first-order valence-electron chi connectivity index (χ1n) is 5.97. The largest absolute Gasteiger partial charge is 0.478 e. The zero-order valence-electron chi connectivity index (χ0n) is 10.4. The third-order valence-corrected chi connectivity index (χ3v) is 4.83. The molecule has 1 N–H and O–H groups in total. The second-order valence-corrected chi connectivity index (χ2v) is 6.19. The van der Waals surface area contributed by atoms with Crippen molar-refractivity contribution in [1.82, 2.24) is 0 Å². The van der Waals surface area contributed by atoms with E-state index in [0.717, 1.165) is 16.1 Å². The van der Waals surface area contributed by atoms with Gasteiger partial charge in [0.1, 0.15) is 0 Å². The fourth-order valence-electron chi connectivity index (χ4n) is 2.08. The normalized spacial score (nSPS) is 14.2. The monoisotopic (exact) mass is 305 g/mol. The Morgan fingerprint density at radius 3 is 2.90 bits per heavy atom. The van der Waals surface area contributed by atoms with Gasteiger partial charge in [0, 0.05) is 4.90 Å². The first-order chi connectivity index (χ1) is 9.65. The maximum Gasteiger partial charge on any atom is 0.335 e. The number of rotatable bonds is 3. The number of carboxylic acids is 1. The van der Waals surface area contributed by atoms with Crippen molar-refractivity contribution in [2.45, 2.75) is 11.4 Å². The summed E-state index contributed by atoms with van der Waals surface area (Å²) in [7, 11) is 0. The number of anilines is 1. The minimum atomic E-state index is -0.949. The molecule has 0 aliphatic carbocycles. The summed E-state index contributed by atoms with van der Waals surface area (Å²) in [6, 6.07) is 6.89. The first-order valence-corrected chi connectivity index (χ1v) is 7.89. The van der Waals surface area contributed by atoms with Crippen LogP contribution in [-0.2, 0) is 11.3 Å². The number of amides is 1. The maximum atomic E-state index is 12.1. The van der Waals surface area contributed by atoms with Gasteiger partial charge in [0.2, 0.25) is 5.91 Å². The van der Waals surface area contributed by atoms with E-state index in [9.17, 15) is 9.59 Å². The summed E-state index contributed by atoms with van der Waals surface area (Å²) >= 11 is 2.99. The molecule has 0 unspecified atom stereocenters. The summed E-state index contributed by atoms with van der Waals surface area (Å²) < 4.78 is 0. The fourth-order valence-corrected chi connectivity index (χ4v) is 3.71. The van der Waals surface area contributed by atoms with Gasteiger partial charge >= 0.3 is 5.97 Å². The molecule has 2 heterocycles. The molecule has 1 aromatic heterocycles. The predicted molar refractivity (Wildman–Crippen MR) is 79.6 cm³/mol. The van der Waals surface area contributed by atoms with Gasteiger partial charge in [-0.15, -0.1) is 11.8 Å². The molecule has 3 rings (SSSR count). The van der Waals surface area contributed by atoms with Crippen molar-refractivity contribution in [1.29, 1.82) is 0 Å². The van der Waals surface area contributed by atoms with E-state index in [-0.39, 0.29) is 11.5 Å². The number of thiophene rings is 1. The summed E-state index contributed by atoms with van der Waals surface area (Å²) in [6.45, 7) is 0.530. The molecule has 0 atom stereocenters. The molecule has 1 aromatic carbocycles. The van der Waals surface area contributed by atoms with Crippen molar-refractivity contribution >= 4 is 40.7 Å². The maximum absolute atomic E-state index is 12.1. The average molecular weight is 305 g/mol. The van der Waals surface area contributed by atoms with E-state index in [1.807, 2.05) is 16.8 Å². The van der Waals surface area contributed by atoms with Crippen molar-refractivity contribution in [3.8, 4) is 0 Å². The highest BCUT2D eigenvalue weighted by Gasteiger charge is 2.25. The van der Waals surface area contributed by atoms with Gasteiger partial charge in [-0.1, -0.05) is 0 Å². The zero-order chi connectivity index (χ0) is 14.1. The highest BCUT2D eigenvalue weighted by atomic mass is 32.2. The van der Waals surface area contributed by atoms with E-state index < -0.39 is 5.97 Å². The standard InChI is InChI=1S/C14H11NO3S2/c16-13-8-20-12-5-10(14(17)18)1-2-11(12)15(13)6-9-3-4-19-7-9/h1-5,7H,6,8H2,(H,17,18). The molecular weight excluding hydrogens is 294 g/mol. The number of carboxylic acid groups (broad SMARTS) is 1. The molecule has 4 nitrogen and oxygen atoms in total. The van der Waals surface area contributed by atoms with Gasteiger partial charge in [0.15, 0.2) is 0 Å². The summed E-state index contributed by atoms with van der Waals surface area (Å²) in [6.07, 6.45) is 0. The number of carbonyl (C=O) groups is 2. The SMILES string of the molecule is O=C(O)c1ccc2c(c1)SCC(=O)N2Cc1ccsc1. The molecule has 1 aliphatic rings. The van der Waals surface area contributed by atoms with Gasteiger partial charge in [0.25, 0.3) is 0 Å². The van der Waals surface area contributed by atoms with Crippen molar-refractivity contribution in [2.75, 3.05) is 10.7 Å². The smallest absolute Gasteiger partial charge is 0.335 e. The third kappa shape index (κ3) is 2.44. The van der Waals surface area contributed by atoms with Crippen LogP contribution in [0.4, 0.5) is 5.69 Å². The zero-order valence-corrected chi connectivity index (χ0v) is 12.0. The number of aromatic carboxylic acids is 1. The highest BCUT2D eigenvalue weighted by Crippen LogP contribution is 2.36. The lowest BCUT2D eigenvalue weighted by atomic mass is 10.1. The van der Waals surface area contributed by atoms with E-state index in [2.05, 4.69) is 0 Å². The molecule has 20 heavy (non-hydrogen) atoms. The Bertz CT molecular complexity index is 667. The van der Waals surface area contributed by atoms with Crippen LogP contribution in [-0.4, -0.2) is 22.7 Å². The minimum absolute atomic E-state index is 0.0526. The summed E-state index contributed by atoms with van der Waals surface area (Å²) in [5, 5.41) is 13.0. The lowest BCUT2D eigenvalue weighted by Gasteiger charge is -2.29. The Morgan fingerprint density at radius 2 is 2.20 bits per heavy atom. The third-order valence-electron chi connectivity index (χ3n) is 3.07. The molecule has 0 fully saturated rings. The Balaban J connectivity index is 1.96. The number of thioether (sulfide) groups is 1. The molecule has 2 aromatic rings. The van der Waals surface area contributed by atoms with Crippen LogP contribution < -0.4 is 4.90 Å². The molecule has 1 aliphatic heterocycles. The average Bonchev–Trinajstić information content (AvgIpc) is 2.94. The van der Waals surface area contributed by atoms with Crippen LogP contribution >= 0.6 is 23.1 Å². The van der Waals surface area contributed by atoms with Crippen molar-refractivity contribution < 1.29 is 14.7 Å². The van der Waals surface area contributed by atoms with E-state index in [1.165, 1.54) is 11.8 Å². The van der Waals surface area contributed by atoms with E-state index >= 15 is 0 Å². The molecule has 0 bridgehead atoms. The van der Waals surface area contributed by atoms with Gasteiger partial charge < -0.3 is 10.0 Å². The van der Waals surface area contributed by atoms with Crippen LogP contribution in [0.5, 0.6) is 0 Å². The predicted octanol–water partition coefficient (Wildman–Crippen LogP) is 3.09. The van der Waals surface area contributed by atoms with Crippen molar-refractivity contribution in [3.63, 3.8) is 0 Å². The Hall–Kier alpha value is -1.79. The van der Waals surface area contributed by atoms with E-state index in [1.54, 1.807) is 34.4 Å². The van der Waals surface area contributed by atoms with Crippen LogP contribution in [0.1, 0.15) is 15.9 Å². The van der Waals surface area contributed by atoms with Gasteiger partial charge in [-0.3, -0.25) is 4.79 Å². The quantitative estimate of drug-likeness (QED) is 0.946. The van der Waals surface area contributed by atoms with Crippen LogP contribution in [0.3, 0.4) is 0 Å². The topological polar surface area (TPSA) is 57.6 Å². The van der Waals surface area contributed by atoms with Crippen LogP contribution in [0.2, 0.25) is 0 Å². The number of hydrogen-bond acceptors (Lipinski definition) is 4. The van der Waals surface area contributed by atoms with Gasteiger partial charge in [-0.05, 0) is 40.6 Å². The Morgan fingerprint density at radius 1 is 1.35 bits per heavy atom. The molecular formula is C14H11NO3S2. The number of nitrogens with zero attached hydrogens (tertiary/aromatic N) is 1. The molecule has 6 heteroatoms. The lowest BCUT2D eigenvalue weighted by molar-refractivity contribution is -0.116. The Labute approximate surface area is 124 Å². The highest BCUT2D eigenvalue weighted by molar-refractivity contribution is 8.00. The molecule has 0 saturated heterocycles. The number of benzene rings is 1. The molecule has 0 saturated carbocycles. The fraction of sp³-hybridized carbons (Fsp3) is 0.143. The van der Waals surface area contributed by atoms with Crippen LogP contribution in [0.25, 0.3) is 0 Å². The second kappa shape index (κ2) is 5.30. The number of carbonyl (C=O) groups excluding carboxylic acids is 1. The molecule has 1 amide bonds. The number of fused-ring (bicyclic) bond motifs is 1. The Kier molecular flexibility index (Phi) is 3.50. The van der Waals surface area contributed by atoms with Gasteiger partial charge in [-0.2, -0.15) is 11.3 Å². The first kappa shape index (κ1) is 13.2. The second-order valence-electron chi connectivity index (χ2n) is 4.39. The van der Waals surface area contributed by atoms with Crippen LogP contribution in [0, 0.1) is 0 Å². The number of hydrogen-bond donors (Lipinski definition) is 1.